The Bertz CT molecular complexity index is 1580. The number of hydrazone groups is 1. The van der Waals surface area contributed by atoms with Crippen LogP contribution in [0.25, 0.3) is 0 Å². The smallest absolute Gasteiger partial charge is 0.273 e. The van der Waals surface area contributed by atoms with Crippen LogP contribution in [0.15, 0.2) is 64.6 Å². The highest BCUT2D eigenvalue weighted by atomic mass is 35.5. The molecule has 1 N–H and O–H groups in total. The normalized spacial score (nSPS) is 11.5. The Labute approximate surface area is 236 Å². The number of nitro groups is 1. The van der Waals surface area contributed by atoms with Gasteiger partial charge in [0.25, 0.3) is 21.6 Å². The first-order chi connectivity index (χ1) is 18.9. The van der Waals surface area contributed by atoms with Crippen molar-refractivity contribution in [3.05, 3.63) is 80.9 Å². The second-order valence-electron chi connectivity index (χ2n) is 8.34. The lowest BCUT2D eigenvalue weighted by atomic mass is 10.1. The van der Waals surface area contributed by atoms with Crippen LogP contribution < -0.4 is 23.9 Å². The van der Waals surface area contributed by atoms with Gasteiger partial charge < -0.3 is 14.2 Å². The summed E-state index contributed by atoms with van der Waals surface area (Å²) in [5.41, 5.74) is 3.20. The Morgan fingerprint density at radius 3 is 2.27 bits per heavy atom. The number of halogens is 1. The molecule has 3 aromatic carbocycles. The van der Waals surface area contributed by atoms with E-state index in [1.807, 2.05) is 0 Å². The number of ether oxygens (including phenoxy) is 3. The van der Waals surface area contributed by atoms with Crippen molar-refractivity contribution < 1.29 is 32.3 Å². The van der Waals surface area contributed by atoms with Crippen molar-refractivity contribution in [2.24, 2.45) is 5.10 Å². The van der Waals surface area contributed by atoms with Crippen molar-refractivity contribution in [2.75, 3.05) is 32.2 Å². The van der Waals surface area contributed by atoms with Crippen molar-refractivity contribution in [2.45, 2.75) is 18.7 Å². The maximum Gasteiger partial charge on any atom is 0.273 e. The van der Waals surface area contributed by atoms with E-state index in [9.17, 15) is 23.3 Å². The molecule has 0 aliphatic heterocycles. The zero-order valence-corrected chi connectivity index (χ0v) is 23.9. The third kappa shape index (κ3) is 6.61. The monoisotopic (exact) mass is 590 g/mol. The van der Waals surface area contributed by atoms with E-state index in [0.717, 1.165) is 10.4 Å². The summed E-state index contributed by atoms with van der Waals surface area (Å²) in [7, 11) is -0.218. The van der Waals surface area contributed by atoms with Crippen molar-refractivity contribution in [3.63, 3.8) is 0 Å². The Morgan fingerprint density at radius 2 is 1.65 bits per heavy atom. The molecule has 0 fully saturated rings. The van der Waals surface area contributed by atoms with Gasteiger partial charge in [-0.15, -0.1) is 0 Å². The highest BCUT2D eigenvalue weighted by Crippen LogP contribution is 2.35. The van der Waals surface area contributed by atoms with E-state index in [2.05, 4.69) is 10.5 Å². The number of aryl methyl sites for hydroxylation is 1. The van der Waals surface area contributed by atoms with Gasteiger partial charge in [-0.05, 0) is 56.3 Å². The van der Waals surface area contributed by atoms with Crippen LogP contribution in [0.3, 0.4) is 0 Å². The minimum Gasteiger partial charge on any atom is -0.495 e. The minimum absolute atomic E-state index is 0.0472. The first-order valence-corrected chi connectivity index (χ1v) is 13.4. The molecule has 0 aromatic heterocycles. The predicted molar refractivity (Wildman–Crippen MR) is 150 cm³/mol. The Morgan fingerprint density at radius 1 is 1.00 bits per heavy atom. The third-order valence-electron chi connectivity index (χ3n) is 5.81. The number of nitrogens with one attached hydrogen (secondary N) is 1. The second-order valence-corrected chi connectivity index (χ2v) is 10.6. The number of benzene rings is 3. The molecule has 0 radical (unpaired) electrons. The lowest BCUT2D eigenvalue weighted by molar-refractivity contribution is -0.385. The van der Waals surface area contributed by atoms with Gasteiger partial charge in [-0.2, -0.15) is 5.10 Å². The number of nitrogens with zero attached hydrogens (tertiary/aromatic N) is 3. The van der Waals surface area contributed by atoms with Crippen molar-refractivity contribution in [1.82, 2.24) is 5.43 Å². The molecule has 0 spiro atoms. The molecule has 212 valence electrons. The van der Waals surface area contributed by atoms with Crippen LogP contribution in [0, 0.1) is 17.0 Å². The number of methoxy groups -OCH3 is 3. The molecule has 0 atom stereocenters. The summed E-state index contributed by atoms with van der Waals surface area (Å²) in [4.78, 5) is 23.4. The molecule has 0 aliphatic rings. The van der Waals surface area contributed by atoms with Crippen molar-refractivity contribution in [3.8, 4) is 17.2 Å². The number of rotatable bonds is 11. The van der Waals surface area contributed by atoms with Crippen LogP contribution >= 0.6 is 11.6 Å². The number of nitro benzene ring substituents is 1. The number of hydrogen-bond donors (Lipinski definition) is 1. The maximum absolute atomic E-state index is 13.8. The van der Waals surface area contributed by atoms with E-state index in [-0.39, 0.29) is 22.0 Å². The average molecular weight is 591 g/mol. The molecule has 1 amide bonds. The maximum atomic E-state index is 13.8. The number of anilines is 1. The summed E-state index contributed by atoms with van der Waals surface area (Å²) < 4.78 is 44.2. The van der Waals surface area contributed by atoms with Crippen LogP contribution in [-0.2, 0) is 14.8 Å². The zero-order valence-electron chi connectivity index (χ0n) is 22.3. The van der Waals surface area contributed by atoms with E-state index >= 15 is 0 Å². The van der Waals surface area contributed by atoms with Gasteiger partial charge in [0, 0.05) is 22.2 Å². The van der Waals surface area contributed by atoms with Gasteiger partial charge in [0.05, 0.1) is 42.5 Å². The molecule has 14 heteroatoms. The quantitative estimate of drug-likeness (QED) is 0.197. The SMILES string of the molecule is COc1ccc(/C(C)=N\NC(=O)CN(c2cc(Cl)ccc2OC)S(=O)(=O)c2ccc(C)c([N+](=O)[O-])c2)cc1OC. The molecule has 0 bridgehead atoms. The van der Waals surface area contributed by atoms with Gasteiger partial charge in [0.1, 0.15) is 12.3 Å². The van der Waals surface area contributed by atoms with Gasteiger partial charge in [0.15, 0.2) is 11.5 Å². The highest BCUT2D eigenvalue weighted by molar-refractivity contribution is 7.92. The average Bonchev–Trinajstić information content (AvgIpc) is 2.93. The number of carbonyl (C=O) groups excluding carboxylic acids is 1. The molecular weight excluding hydrogens is 564 g/mol. The van der Waals surface area contributed by atoms with Crippen LogP contribution in [0.4, 0.5) is 11.4 Å². The molecular formula is C26H27ClN4O8S. The van der Waals surface area contributed by atoms with Crippen LogP contribution in [0.5, 0.6) is 17.2 Å². The van der Waals surface area contributed by atoms with E-state index < -0.39 is 38.0 Å². The standard InChI is InChI=1S/C26H27ClN4O8S/c1-16-6-9-20(14-21(16)31(33)34)40(35,36)30(22-13-19(27)8-11-23(22)37-3)15-26(32)29-28-17(2)18-7-10-24(38-4)25(12-18)39-5/h6-14H,15H2,1-5H3,(H,29,32)/b28-17-. The lowest BCUT2D eigenvalue weighted by Crippen LogP contribution is -2.40. The first-order valence-electron chi connectivity index (χ1n) is 11.6. The molecule has 12 nitrogen and oxygen atoms in total. The van der Waals surface area contributed by atoms with E-state index in [4.69, 9.17) is 25.8 Å². The van der Waals surface area contributed by atoms with Gasteiger partial charge in [-0.3, -0.25) is 19.2 Å². The molecule has 0 heterocycles. The summed E-state index contributed by atoms with van der Waals surface area (Å²) in [5.74, 6) is 0.272. The number of sulfonamides is 1. The third-order valence-corrected chi connectivity index (χ3v) is 7.80. The second kappa shape index (κ2) is 12.7. The first kappa shape index (κ1) is 30.2. The fraction of sp³-hybridized carbons (Fsp3) is 0.231. The van der Waals surface area contributed by atoms with Crippen molar-refractivity contribution in [1.29, 1.82) is 0 Å². The van der Waals surface area contributed by atoms with E-state index in [1.165, 1.54) is 58.6 Å². The zero-order chi connectivity index (χ0) is 29.6. The summed E-state index contributed by atoms with van der Waals surface area (Å²) in [6, 6.07) is 12.8. The Balaban J connectivity index is 2.00. The molecule has 0 saturated carbocycles. The minimum atomic E-state index is -4.53. The predicted octanol–water partition coefficient (Wildman–Crippen LogP) is 4.32. The summed E-state index contributed by atoms with van der Waals surface area (Å²) in [5, 5.41) is 15.7. The molecule has 3 rings (SSSR count). The van der Waals surface area contributed by atoms with Crippen LogP contribution in [0.2, 0.25) is 5.02 Å². The topological polar surface area (TPSA) is 150 Å². The number of carbonyl (C=O) groups is 1. The molecule has 40 heavy (non-hydrogen) atoms. The van der Waals surface area contributed by atoms with Crippen molar-refractivity contribution >= 4 is 44.6 Å². The van der Waals surface area contributed by atoms with Gasteiger partial charge in [-0.1, -0.05) is 17.7 Å². The summed E-state index contributed by atoms with van der Waals surface area (Å²) in [6.07, 6.45) is 0. The molecule has 0 saturated heterocycles. The van der Waals surface area contributed by atoms with Gasteiger partial charge >= 0.3 is 0 Å². The van der Waals surface area contributed by atoms with Crippen LogP contribution in [-0.4, -0.2) is 52.8 Å². The Hall–Kier alpha value is -4.36. The molecule has 3 aromatic rings. The van der Waals surface area contributed by atoms with Gasteiger partial charge in [-0.25, -0.2) is 13.8 Å². The molecule has 0 unspecified atom stereocenters. The Kier molecular flexibility index (Phi) is 9.56. The van der Waals surface area contributed by atoms with E-state index in [0.29, 0.717) is 22.8 Å². The fourth-order valence-electron chi connectivity index (χ4n) is 3.67. The molecule has 0 aliphatic carbocycles. The van der Waals surface area contributed by atoms with Gasteiger partial charge in [0.2, 0.25) is 0 Å². The van der Waals surface area contributed by atoms with E-state index in [1.54, 1.807) is 25.1 Å². The summed E-state index contributed by atoms with van der Waals surface area (Å²) >= 11 is 6.15. The fourth-order valence-corrected chi connectivity index (χ4v) is 5.28. The largest absolute Gasteiger partial charge is 0.495 e. The highest BCUT2D eigenvalue weighted by Gasteiger charge is 2.31. The van der Waals surface area contributed by atoms with Crippen LogP contribution in [0.1, 0.15) is 18.1 Å². The summed E-state index contributed by atoms with van der Waals surface area (Å²) in [6.45, 7) is 2.38. The lowest BCUT2D eigenvalue weighted by Gasteiger charge is -2.25. The number of hydrogen-bond acceptors (Lipinski definition) is 9. The number of amides is 1.